The van der Waals surface area contributed by atoms with Crippen molar-refractivity contribution < 1.29 is 0 Å². The maximum absolute atomic E-state index is 4.38. The third kappa shape index (κ3) is 2.13. The van der Waals surface area contributed by atoms with Crippen molar-refractivity contribution in [2.24, 2.45) is 0 Å². The molecule has 2 heterocycles. The zero-order valence-electron chi connectivity index (χ0n) is 9.69. The van der Waals surface area contributed by atoms with Crippen LogP contribution in [0.2, 0.25) is 0 Å². The topological polar surface area (TPSA) is 37.8 Å². The molecule has 0 saturated heterocycles. The van der Waals surface area contributed by atoms with E-state index in [1.165, 1.54) is 10.4 Å². The quantitative estimate of drug-likeness (QED) is 0.885. The molecule has 0 aliphatic carbocycles. The number of aromatic nitrogens is 2. The van der Waals surface area contributed by atoms with Crippen molar-refractivity contribution in [1.29, 1.82) is 0 Å². The number of hydrogen-bond donors (Lipinski definition) is 1. The normalized spacial score (nSPS) is 12.7. The van der Waals surface area contributed by atoms with Crippen molar-refractivity contribution >= 4 is 11.3 Å². The molecular formula is C12H15N3S. The first-order valence-corrected chi connectivity index (χ1v) is 6.10. The van der Waals surface area contributed by atoms with E-state index in [9.17, 15) is 0 Å². The molecule has 0 spiro atoms. The monoisotopic (exact) mass is 233 g/mol. The van der Waals surface area contributed by atoms with Crippen LogP contribution in [-0.2, 0) is 0 Å². The van der Waals surface area contributed by atoms with Gasteiger partial charge in [-0.25, -0.2) is 9.97 Å². The Bertz CT molecular complexity index is 461. The van der Waals surface area contributed by atoms with Gasteiger partial charge in [-0.2, -0.15) is 0 Å². The summed E-state index contributed by atoms with van der Waals surface area (Å²) in [6.07, 6.45) is 3.71. The van der Waals surface area contributed by atoms with Gasteiger partial charge in [0.25, 0.3) is 0 Å². The first kappa shape index (κ1) is 11.2. The summed E-state index contributed by atoms with van der Waals surface area (Å²) in [5, 5.41) is 5.37. The predicted molar refractivity (Wildman–Crippen MR) is 66.7 cm³/mol. The van der Waals surface area contributed by atoms with E-state index in [1.54, 1.807) is 11.3 Å². The Balaban J connectivity index is 2.37. The fourth-order valence-electron chi connectivity index (χ4n) is 1.61. The first-order valence-electron chi connectivity index (χ1n) is 5.22. The lowest BCUT2D eigenvalue weighted by atomic mass is 10.1. The third-order valence-corrected chi connectivity index (χ3v) is 3.60. The van der Waals surface area contributed by atoms with Crippen LogP contribution < -0.4 is 5.32 Å². The summed E-state index contributed by atoms with van der Waals surface area (Å²) in [6, 6.07) is 2.22. The molecule has 3 nitrogen and oxygen atoms in total. The van der Waals surface area contributed by atoms with Gasteiger partial charge in [0.05, 0.1) is 0 Å². The number of nitrogens with zero attached hydrogens (tertiary/aromatic N) is 2. The summed E-state index contributed by atoms with van der Waals surface area (Å²) < 4.78 is 0. The van der Waals surface area contributed by atoms with E-state index >= 15 is 0 Å². The van der Waals surface area contributed by atoms with E-state index in [0.717, 1.165) is 11.4 Å². The summed E-state index contributed by atoms with van der Waals surface area (Å²) >= 11 is 1.74. The SMILES string of the molecule is CNC(c1ncc(C)cn1)c1sccc1C. The highest BCUT2D eigenvalue weighted by atomic mass is 32.1. The largest absolute Gasteiger partial charge is 0.306 e. The van der Waals surface area contributed by atoms with Gasteiger partial charge in [0.2, 0.25) is 0 Å². The highest BCUT2D eigenvalue weighted by Crippen LogP contribution is 2.26. The summed E-state index contributed by atoms with van der Waals surface area (Å²) in [5.41, 5.74) is 2.37. The van der Waals surface area contributed by atoms with Crippen molar-refractivity contribution in [3.8, 4) is 0 Å². The Labute approximate surface area is 99.6 Å². The molecule has 0 aliphatic rings. The number of hydrogen-bond acceptors (Lipinski definition) is 4. The zero-order chi connectivity index (χ0) is 11.5. The van der Waals surface area contributed by atoms with Gasteiger partial charge in [-0.15, -0.1) is 11.3 Å². The zero-order valence-corrected chi connectivity index (χ0v) is 10.5. The molecule has 0 saturated carbocycles. The van der Waals surface area contributed by atoms with Crippen LogP contribution in [-0.4, -0.2) is 17.0 Å². The predicted octanol–water partition coefficient (Wildman–Crippen LogP) is 2.46. The van der Waals surface area contributed by atoms with Crippen LogP contribution in [0.5, 0.6) is 0 Å². The third-order valence-electron chi connectivity index (χ3n) is 2.51. The molecule has 2 aromatic rings. The van der Waals surface area contributed by atoms with Gasteiger partial charge in [-0.05, 0) is 43.5 Å². The van der Waals surface area contributed by atoms with Crippen LogP contribution in [0.15, 0.2) is 23.8 Å². The van der Waals surface area contributed by atoms with Crippen molar-refractivity contribution in [3.63, 3.8) is 0 Å². The molecule has 0 bridgehead atoms. The molecule has 0 amide bonds. The average molecular weight is 233 g/mol. The number of thiophene rings is 1. The minimum atomic E-state index is 0.0978. The van der Waals surface area contributed by atoms with E-state index in [2.05, 4.69) is 33.7 Å². The Kier molecular flexibility index (Phi) is 3.31. The minimum absolute atomic E-state index is 0.0978. The van der Waals surface area contributed by atoms with Crippen LogP contribution in [0.4, 0.5) is 0 Å². The highest BCUT2D eigenvalue weighted by molar-refractivity contribution is 7.10. The molecule has 0 aromatic carbocycles. The Hall–Kier alpha value is -1.26. The Morgan fingerprint density at radius 3 is 2.44 bits per heavy atom. The van der Waals surface area contributed by atoms with Gasteiger partial charge in [-0.3, -0.25) is 0 Å². The second-order valence-corrected chi connectivity index (χ2v) is 4.76. The summed E-state index contributed by atoms with van der Waals surface area (Å²) in [7, 11) is 1.94. The first-order chi connectivity index (χ1) is 7.72. The number of nitrogens with one attached hydrogen (secondary N) is 1. The van der Waals surface area contributed by atoms with E-state index in [1.807, 2.05) is 26.4 Å². The van der Waals surface area contributed by atoms with Gasteiger partial charge >= 0.3 is 0 Å². The second-order valence-electron chi connectivity index (χ2n) is 3.81. The Morgan fingerprint density at radius 2 is 1.94 bits per heavy atom. The van der Waals surface area contributed by atoms with E-state index < -0.39 is 0 Å². The van der Waals surface area contributed by atoms with Gasteiger partial charge in [0.15, 0.2) is 0 Å². The second kappa shape index (κ2) is 4.72. The van der Waals surface area contributed by atoms with Crippen LogP contribution >= 0.6 is 11.3 Å². The van der Waals surface area contributed by atoms with Crippen molar-refractivity contribution in [1.82, 2.24) is 15.3 Å². The number of rotatable bonds is 3. The highest BCUT2D eigenvalue weighted by Gasteiger charge is 2.17. The Morgan fingerprint density at radius 1 is 1.25 bits per heavy atom. The lowest BCUT2D eigenvalue weighted by molar-refractivity contribution is 0.652. The van der Waals surface area contributed by atoms with Gasteiger partial charge in [0, 0.05) is 17.3 Å². The molecule has 84 valence electrons. The smallest absolute Gasteiger partial charge is 0.150 e. The van der Waals surface area contributed by atoms with Crippen LogP contribution in [0.1, 0.15) is 27.9 Å². The molecular weight excluding hydrogens is 218 g/mol. The molecule has 2 aromatic heterocycles. The lowest BCUT2D eigenvalue weighted by Crippen LogP contribution is -2.19. The van der Waals surface area contributed by atoms with Crippen molar-refractivity contribution in [3.05, 3.63) is 45.7 Å². The summed E-state index contributed by atoms with van der Waals surface area (Å²) in [5.74, 6) is 0.832. The molecule has 4 heteroatoms. The van der Waals surface area contributed by atoms with Crippen LogP contribution in [0.25, 0.3) is 0 Å². The molecule has 0 aliphatic heterocycles. The molecule has 1 unspecified atom stereocenters. The molecule has 16 heavy (non-hydrogen) atoms. The van der Waals surface area contributed by atoms with Gasteiger partial charge < -0.3 is 5.32 Å². The lowest BCUT2D eigenvalue weighted by Gasteiger charge is -2.14. The van der Waals surface area contributed by atoms with Gasteiger partial charge in [-0.1, -0.05) is 0 Å². The molecule has 0 fully saturated rings. The van der Waals surface area contributed by atoms with E-state index in [0.29, 0.717) is 0 Å². The maximum Gasteiger partial charge on any atom is 0.150 e. The van der Waals surface area contributed by atoms with Gasteiger partial charge in [0.1, 0.15) is 11.9 Å². The fraction of sp³-hybridized carbons (Fsp3) is 0.333. The standard InChI is InChI=1S/C12H15N3S/c1-8-6-14-12(15-7-8)10(13-3)11-9(2)4-5-16-11/h4-7,10,13H,1-3H3. The number of aryl methyl sites for hydroxylation is 2. The van der Waals surface area contributed by atoms with E-state index in [-0.39, 0.29) is 6.04 Å². The molecule has 1 atom stereocenters. The molecule has 2 rings (SSSR count). The molecule has 0 radical (unpaired) electrons. The summed E-state index contributed by atoms with van der Waals surface area (Å²) in [4.78, 5) is 10.0. The minimum Gasteiger partial charge on any atom is -0.306 e. The maximum atomic E-state index is 4.38. The van der Waals surface area contributed by atoms with Crippen LogP contribution in [0, 0.1) is 13.8 Å². The summed E-state index contributed by atoms with van der Waals surface area (Å²) in [6.45, 7) is 4.11. The fourth-order valence-corrected chi connectivity index (χ4v) is 2.64. The van der Waals surface area contributed by atoms with Crippen molar-refractivity contribution in [2.45, 2.75) is 19.9 Å². The average Bonchev–Trinajstić information content (AvgIpc) is 2.69. The molecule has 1 N–H and O–H groups in total. The van der Waals surface area contributed by atoms with E-state index in [4.69, 9.17) is 0 Å². The van der Waals surface area contributed by atoms with Crippen molar-refractivity contribution in [2.75, 3.05) is 7.05 Å². The van der Waals surface area contributed by atoms with Crippen LogP contribution in [0.3, 0.4) is 0 Å².